The van der Waals surface area contributed by atoms with Crippen LogP contribution in [0.5, 0.6) is 5.75 Å². The standard InChI is InChI=1S/C26H21ClN2O4/c1-32-18-9-6-16(7-10-18)15-33-24(14-30)26(21-13-28-22-5-3-2-4-19(21)22)20-12-17(27)8-11-23(20)29-25(26)31/h2-14,24,28H,15H2,1H3,(H,29,31). The second-order valence-corrected chi connectivity index (χ2v) is 8.35. The van der Waals surface area contributed by atoms with Gasteiger partial charge in [0.05, 0.1) is 13.7 Å². The number of benzene rings is 3. The molecular formula is C26H21ClN2O4. The van der Waals surface area contributed by atoms with Crippen LogP contribution in [0.1, 0.15) is 16.7 Å². The minimum atomic E-state index is -1.41. The number of anilines is 1. The minimum absolute atomic E-state index is 0.140. The van der Waals surface area contributed by atoms with Gasteiger partial charge in [-0.05, 0) is 42.0 Å². The lowest BCUT2D eigenvalue weighted by Crippen LogP contribution is -2.48. The number of aromatic amines is 1. The first-order valence-corrected chi connectivity index (χ1v) is 10.8. The quantitative estimate of drug-likeness (QED) is 0.386. The molecule has 0 aliphatic carbocycles. The van der Waals surface area contributed by atoms with E-state index in [1.54, 1.807) is 31.5 Å². The van der Waals surface area contributed by atoms with Gasteiger partial charge in [-0.2, -0.15) is 0 Å². The number of hydrogen-bond donors (Lipinski definition) is 2. The van der Waals surface area contributed by atoms with Gasteiger partial charge in [0.25, 0.3) is 0 Å². The summed E-state index contributed by atoms with van der Waals surface area (Å²) in [7, 11) is 1.60. The third kappa shape index (κ3) is 3.39. The van der Waals surface area contributed by atoms with Crippen molar-refractivity contribution in [3.8, 4) is 5.75 Å². The Hall–Kier alpha value is -3.61. The van der Waals surface area contributed by atoms with E-state index >= 15 is 0 Å². The second kappa shape index (κ2) is 8.39. The summed E-state index contributed by atoms with van der Waals surface area (Å²) in [6.07, 6.45) is 1.37. The van der Waals surface area contributed by atoms with E-state index in [4.69, 9.17) is 21.1 Å². The molecular weight excluding hydrogens is 440 g/mol. The number of aromatic nitrogens is 1. The number of nitrogens with one attached hydrogen (secondary N) is 2. The number of hydrogen-bond acceptors (Lipinski definition) is 4. The minimum Gasteiger partial charge on any atom is -0.497 e. The summed E-state index contributed by atoms with van der Waals surface area (Å²) >= 11 is 6.34. The molecule has 4 aromatic rings. The number of carbonyl (C=O) groups excluding carboxylic acids is 2. The van der Waals surface area contributed by atoms with E-state index in [2.05, 4.69) is 10.3 Å². The molecule has 0 fully saturated rings. The molecule has 1 aliphatic rings. The molecule has 6 nitrogen and oxygen atoms in total. The number of aldehydes is 1. The van der Waals surface area contributed by atoms with Gasteiger partial charge in [-0.3, -0.25) is 4.79 Å². The van der Waals surface area contributed by atoms with Gasteiger partial charge in [0.15, 0.2) is 6.29 Å². The van der Waals surface area contributed by atoms with E-state index in [1.165, 1.54) is 0 Å². The number of H-pyrrole nitrogens is 1. The van der Waals surface area contributed by atoms with Crippen molar-refractivity contribution >= 4 is 40.4 Å². The van der Waals surface area contributed by atoms with E-state index in [-0.39, 0.29) is 12.5 Å². The molecule has 5 rings (SSSR count). The Morgan fingerprint density at radius 1 is 1.06 bits per heavy atom. The summed E-state index contributed by atoms with van der Waals surface area (Å²) in [5.41, 5.74) is 2.17. The first kappa shape index (κ1) is 21.2. The fourth-order valence-corrected chi connectivity index (χ4v) is 4.74. The van der Waals surface area contributed by atoms with Crippen molar-refractivity contribution in [3.63, 3.8) is 0 Å². The summed E-state index contributed by atoms with van der Waals surface area (Å²) in [4.78, 5) is 29.4. The molecule has 2 atom stereocenters. The van der Waals surface area contributed by atoms with Crippen LogP contribution in [0, 0.1) is 0 Å². The zero-order chi connectivity index (χ0) is 23.0. The van der Waals surface area contributed by atoms with E-state index < -0.39 is 11.5 Å². The maximum atomic E-state index is 13.7. The molecule has 1 aromatic heterocycles. The first-order chi connectivity index (χ1) is 16.1. The smallest absolute Gasteiger partial charge is 0.242 e. The number of fused-ring (bicyclic) bond motifs is 2. The lowest BCUT2D eigenvalue weighted by atomic mass is 9.71. The van der Waals surface area contributed by atoms with Gasteiger partial charge < -0.3 is 24.6 Å². The largest absolute Gasteiger partial charge is 0.497 e. The van der Waals surface area contributed by atoms with Crippen molar-refractivity contribution in [1.29, 1.82) is 0 Å². The highest BCUT2D eigenvalue weighted by atomic mass is 35.5. The molecule has 0 bridgehead atoms. The number of carbonyl (C=O) groups is 2. The average molecular weight is 461 g/mol. The fraction of sp³-hybridized carbons (Fsp3) is 0.154. The average Bonchev–Trinajstić information content (AvgIpc) is 3.39. The third-order valence-corrected chi connectivity index (χ3v) is 6.40. The highest BCUT2D eigenvalue weighted by molar-refractivity contribution is 6.31. The topological polar surface area (TPSA) is 80.4 Å². The molecule has 1 aliphatic heterocycles. The van der Waals surface area contributed by atoms with E-state index in [1.807, 2.05) is 48.5 Å². The van der Waals surface area contributed by atoms with Crippen molar-refractivity contribution in [2.24, 2.45) is 0 Å². The Bertz CT molecular complexity index is 1350. The predicted octanol–water partition coefficient (Wildman–Crippen LogP) is 4.85. The summed E-state index contributed by atoms with van der Waals surface area (Å²) in [6.45, 7) is 0.140. The first-order valence-electron chi connectivity index (χ1n) is 10.5. The molecule has 0 radical (unpaired) electrons. The Morgan fingerprint density at radius 3 is 2.61 bits per heavy atom. The van der Waals surface area contributed by atoms with Crippen LogP contribution >= 0.6 is 11.6 Å². The molecule has 0 saturated carbocycles. The Labute approximate surface area is 195 Å². The van der Waals surface area contributed by atoms with Crippen molar-refractivity contribution < 1.29 is 19.1 Å². The number of amides is 1. The van der Waals surface area contributed by atoms with Crippen molar-refractivity contribution in [3.05, 3.63) is 94.6 Å². The molecule has 2 N–H and O–H groups in total. The second-order valence-electron chi connectivity index (χ2n) is 7.92. The van der Waals surface area contributed by atoms with E-state index in [9.17, 15) is 9.59 Å². The Kier molecular flexibility index (Phi) is 5.40. The zero-order valence-corrected chi connectivity index (χ0v) is 18.6. The molecule has 3 aromatic carbocycles. The molecule has 7 heteroatoms. The van der Waals surface area contributed by atoms with Crippen LogP contribution in [0.3, 0.4) is 0 Å². The van der Waals surface area contributed by atoms with Crippen molar-refractivity contribution in [1.82, 2.24) is 4.98 Å². The van der Waals surface area contributed by atoms with Crippen LogP contribution in [0.15, 0.2) is 72.9 Å². The Balaban J connectivity index is 1.65. The van der Waals surface area contributed by atoms with Gasteiger partial charge >= 0.3 is 0 Å². The molecule has 166 valence electrons. The Morgan fingerprint density at radius 2 is 1.85 bits per heavy atom. The fourth-order valence-electron chi connectivity index (χ4n) is 4.57. The maximum Gasteiger partial charge on any atom is 0.242 e. The maximum absolute atomic E-state index is 13.7. The third-order valence-electron chi connectivity index (χ3n) is 6.17. The number of methoxy groups -OCH3 is 1. The molecule has 0 spiro atoms. The van der Waals surface area contributed by atoms with Crippen molar-refractivity contribution in [2.75, 3.05) is 12.4 Å². The van der Waals surface area contributed by atoms with Gasteiger partial charge in [-0.1, -0.05) is 41.9 Å². The van der Waals surface area contributed by atoms with Crippen LogP contribution in [0.4, 0.5) is 5.69 Å². The summed E-state index contributed by atoms with van der Waals surface area (Å²) < 4.78 is 11.4. The molecule has 1 amide bonds. The lowest BCUT2D eigenvalue weighted by Gasteiger charge is -2.33. The van der Waals surface area contributed by atoms with Crippen LogP contribution in [0.2, 0.25) is 5.02 Å². The van der Waals surface area contributed by atoms with E-state index in [0.717, 1.165) is 22.2 Å². The molecule has 0 saturated heterocycles. The predicted molar refractivity (Wildman–Crippen MR) is 127 cm³/mol. The molecule has 2 unspecified atom stereocenters. The summed E-state index contributed by atoms with van der Waals surface area (Å²) in [5, 5.41) is 4.23. The van der Waals surface area contributed by atoms with E-state index in [0.29, 0.717) is 28.1 Å². The van der Waals surface area contributed by atoms with Gasteiger partial charge in [0, 0.05) is 38.9 Å². The molecule has 2 heterocycles. The highest BCUT2D eigenvalue weighted by Gasteiger charge is 2.56. The van der Waals surface area contributed by atoms with Gasteiger partial charge in [-0.25, -0.2) is 0 Å². The monoisotopic (exact) mass is 460 g/mol. The highest BCUT2D eigenvalue weighted by Crippen LogP contribution is 2.49. The van der Waals surface area contributed by atoms with Crippen molar-refractivity contribution in [2.45, 2.75) is 18.1 Å². The number of ether oxygens (including phenoxy) is 2. The number of rotatable bonds is 7. The zero-order valence-electron chi connectivity index (χ0n) is 17.8. The lowest BCUT2D eigenvalue weighted by molar-refractivity contribution is -0.133. The number of para-hydroxylation sites is 1. The number of halogens is 1. The van der Waals surface area contributed by atoms with Crippen LogP contribution < -0.4 is 10.1 Å². The van der Waals surface area contributed by atoms with Crippen LogP contribution in [-0.2, 0) is 26.3 Å². The summed E-state index contributed by atoms with van der Waals surface area (Å²) in [6, 6.07) is 20.2. The SMILES string of the molecule is COc1ccc(COC(C=O)C2(c3c[nH]c4ccccc34)C(=O)Nc3ccc(Cl)cc32)cc1. The molecule has 33 heavy (non-hydrogen) atoms. The van der Waals surface area contributed by atoms with Gasteiger partial charge in [0.2, 0.25) is 5.91 Å². The normalized spacial score (nSPS) is 18.1. The van der Waals surface area contributed by atoms with Crippen LogP contribution in [0.25, 0.3) is 10.9 Å². The van der Waals surface area contributed by atoms with Crippen LogP contribution in [-0.4, -0.2) is 30.4 Å². The summed E-state index contributed by atoms with van der Waals surface area (Å²) in [5.74, 6) is 0.385. The van der Waals surface area contributed by atoms with Gasteiger partial charge in [0.1, 0.15) is 17.3 Å². The van der Waals surface area contributed by atoms with Gasteiger partial charge in [-0.15, -0.1) is 0 Å².